The highest BCUT2D eigenvalue weighted by Gasteiger charge is 2.20. The number of hydrogen-bond donors (Lipinski definition) is 0. The summed E-state index contributed by atoms with van der Waals surface area (Å²) in [4.78, 5) is 0. The van der Waals surface area contributed by atoms with Crippen molar-refractivity contribution in [1.82, 2.24) is 9.13 Å². The van der Waals surface area contributed by atoms with Crippen LogP contribution in [0.4, 0.5) is 0 Å². The van der Waals surface area contributed by atoms with Crippen LogP contribution < -0.4 is 0 Å². The molecule has 0 aliphatic heterocycles. The topological polar surface area (TPSA) is 9.86 Å². The molecule has 0 atom stereocenters. The first-order valence-corrected chi connectivity index (χ1v) is 22.2. The molecule has 0 bridgehead atoms. The smallest absolute Gasteiger partial charge is 0.0547 e. The van der Waals surface area contributed by atoms with Gasteiger partial charge in [0.15, 0.2) is 0 Å². The first-order valence-electron chi connectivity index (χ1n) is 22.2. The maximum atomic E-state index is 2.47. The molecule has 0 fully saturated rings. The van der Waals surface area contributed by atoms with Gasteiger partial charge < -0.3 is 9.13 Å². The van der Waals surface area contributed by atoms with Crippen molar-refractivity contribution < 1.29 is 0 Å². The van der Waals surface area contributed by atoms with Crippen LogP contribution in [-0.2, 0) is 0 Å². The van der Waals surface area contributed by atoms with Gasteiger partial charge in [-0.2, -0.15) is 0 Å². The highest BCUT2D eigenvalue weighted by Crippen LogP contribution is 2.46. The predicted octanol–water partition coefficient (Wildman–Crippen LogP) is 17.0. The minimum Gasteiger partial charge on any atom is -0.309 e. The number of hydrogen-bond acceptors (Lipinski definition) is 0. The molecular formula is C62H38N2. The van der Waals surface area contributed by atoms with Crippen LogP contribution in [0.25, 0.3) is 131 Å². The quantitative estimate of drug-likeness (QED) is 0.157. The Hall–Kier alpha value is -8.46. The van der Waals surface area contributed by atoms with Crippen molar-refractivity contribution >= 4 is 97.5 Å². The monoisotopic (exact) mass is 810 g/mol. The Balaban J connectivity index is 1.00. The van der Waals surface area contributed by atoms with Crippen LogP contribution in [0.5, 0.6) is 0 Å². The number of nitrogens with zero attached hydrogens (tertiary/aromatic N) is 2. The normalized spacial score (nSPS) is 12.1. The Labute approximate surface area is 369 Å². The van der Waals surface area contributed by atoms with E-state index in [1.807, 2.05) is 0 Å². The molecule has 14 rings (SSSR count). The highest BCUT2D eigenvalue weighted by atomic mass is 15.0. The zero-order valence-corrected chi connectivity index (χ0v) is 34.8. The Morgan fingerprint density at radius 1 is 0.219 bits per heavy atom. The average Bonchev–Trinajstić information content (AvgIpc) is 3.88. The van der Waals surface area contributed by atoms with Crippen molar-refractivity contribution in [2.45, 2.75) is 0 Å². The second-order valence-electron chi connectivity index (χ2n) is 17.2. The van der Waals surface area contributed by atoms with Gasteiger partial charge in [0.1, 0.15) is 0 Å². The van der Waals surface area contributed by atoms with Gasteiger partial charge in [-0.3, -0.25) is 0 Å². The third kappa shape index (κ3) is 5.02. The van der Waals surface area contributed by atoms with E-state index in [-0.39, 0.29) is 0 Å². The molecule has 0 aliphatic rings. The zero-order valence-electron chi connectivity index (χ0n) is 34.8. The maximum absolute atomic E-state index is 2.47. The molecule has 2 heterocycles. The van der Waals surface area contributed by atoms with Crippen LogP contribution >= 0.6 is 0 Å². The number of fused-ring (bicyclic) bond motifs is 16. The standard InChI is InChI=1S/C62H38N2/c1-2-17-43(18-3-1)63-58-28-13-11-25-50(58)55-36-40(31-34-59(55)63)41-30-32-51-49-24-10-12-27-57(49)64(60(51)37-41)44-19-14-16-42(35-44)54-38-56-48-23-7-6-21-46(48)47-22-8-9-26-52(47)62(56)61-45-20-5-4-15-39(45)29-33-53(54)61/h1-38H. The molecule has 296 valence electrons. The number of benzene rings is 12. The van der Waals surface area contributed by atoms with Crippen LogP contribution in [0, 0.1) is 0 Å². The van der Waals surface area contributed by atoms with Crippen molar-refractivity contribution in [2.24, 2.45) is 0 Å². The third-order valence-electron chi connectivity index (χ3n) is 13.8. The summed E-state index contributed by atoms with van der Waals surface area (Å²) in [5, 5.41) is 17.8. The van der Waals surface area contributed by atoms with Crippen LogP contribution in [0.15, 0.2) is 231 Å². The van der Waals surface area contributed by atoms with Crippen LogP contribution in [-0.4, -0.2) is 9.13 Å². The Bertz CT molecular complexity index is 4240. The molecule has 0 spiro atoms. The fourth-order valence-corrected chi connectivity index (χ4v) is 11.1. The molecule has 64 heavy (non-hydrogen) atoms. The van der Waals surface area contributed by atoms with Gasteiger partial charge >= 0.3 is 0 Å². The van der Waals surface area contributed by atoms with Gasteiger partial charge in [-0.15, -0.1) is 0 Å². The molecular weight excluding hydrogens is 773 g/mol. The van der Waals surface area contributed by atoms with Crippen LogP contribution in [0.3, 0.4) is 0 Å². The van der Waals surface area contributed by atoms with Gasteiger partial charge in [-0.05, 0) is 137 Å². The average molecular weight is 811 g/mol. The second kappa shape index (κ2) is 13.5. The van der Waals surface area contributed by atoms with Crippen molar-refractivity contribution in [1.29, 1.82) is 0 Å². The van der Waals surface area contributed by atoms with E-state index in [0.29, 0.717) is 0 Å². The van der Waals surface area contributed by atoms with Crippen molar-refractivity contribution in [2.75, 3.05) is 0 Å². The summed E-state index contributed by atoms with van der Waals surface area (Å²) in [6.45, 7) is 0. The van der Waals surface area contributed by atoms with Crippen molar-refractivity contribution in [3.8, 4) is 33.6 Å². The number of rotatable bonds is 4. The lowest BCUT2D eigenvalue weighted by molar-refractivity contribution is 1.18. The minimum absolute atomic E-state index is 1.14. The number of para-hydroxylation sites is 3. The largest absolute Gasteiger partial charge is 0.309 e. The Morgan fingerprint density at radius 3 is 1.52 bits per heavy atom. The molecule has 2 heteroatoms. The second-order valence-corrected chi connectivity index (χ2v) is 17.2. The molecule has 0 saturated heterocycles. The molecule has 0 saturated carbocycles. The van der Waals surface area contributed by atoms with Crippen molar-refractivity contribution in [3.63, 3.8) is 0 Å². The van der Waals surface area contributed by atoms with Gasteiger partial charge in [0.2, 0.25) is 0 Å². The summed E-state index contributed by atoms with van der Waals surface area (Å²) >= 11 is 0. The van der Waals surface area contributed by atoms with Gasteiger partial charge in [0.25, 0.3) is 0 Å². The van der Waals surface area contributed by atoms with Gasteiger partial charge in [-0.1, -0.05) is 170 Å². The van der Waals surface area contributed by atoms with Gasteiger partial charge in [0.05, 0.1) is 22.1 Å². The number of aromatic nitrogens is 2. The summed E-state index contributed by atoms with van der Waals surface area (Å²) in [6.07, 6.45) is 0. The Morgan fingerprint density at radius 2 is 0.734 bits per heavy atom. The first kappa shape index (κ1) is 35.2. The van der Waals surface area contributed by atoms with E-state index in [1.54, 1.807) is 0 Å². The summed E-state index contributed by atoms with van der Waals surface area (Å²) in [5.74, 6) is 0. The lowest BCUT2D eigenvalue weighted by atomic mass is 9.85. The summed E-state index contributed by atoms with van der Waals surface area (Å²) in [6, 6.07) is 85.4. The van der Waals surface area contributed by atoms with Crippen molar-refractivity contribution in [3.05, 3.63) is 231 Å². The van der Waals surface area contributed by atoms with Gasteiger partial charge in [0, 0.05) is 32.9 Å². The third-order valence-corrected chi connectivity index (χ3v) is 13.8. The summed E-state index contributed by atoms with van der Waals surface area (Å²) in [7, 11) is 0. The fraction of sp³-hybridized carbons (Fsp3) is 0. The fourth-order valence-electron chi connectivity index (χ4n) is 11.1. The molecule has 0 amide bonds. The molecule has 0 radical (unpaired) electrons. The molecule has 0 aliphatic carbocycles. The SMILES string of the molecule is c1ccc(-n2c3ccccc3c3cc(-c4ccc5c6ccccc6n(-c6cccc(-c7cc8c9ccccc9c9ccccc9c8c8c7ccc7ccccc78)c6)c5c4)ccc32)cc1. The van der Waals surface area contributed by atoms with Gasteiger partial charge in [-0.25, -0.2) is 0 Å². The van der Waals surface area contributed by atoms with E-state index in [9.17, 15) is 0 Å². The maximum Gasteiger partial charge on any atom is 0.0547 e. The molecule has 14 aromatic rings. The summed E-state index contributed by atoms with van der Waals surface area (Å²) < 4.78 is 4.85. The lowest BCUT2D eigenvalue weighted by Crippen LogP contribution is -1.95. The van der Waals surface area contributed by atoms with E-state index in [2.05, 4.69) is 240 Å². The van der Waals surface area contributed by atoms with E-state index in [1.165, 1.54) is 125 Å². The van der Waals surface area contributed by atoms with E-state index >= 15 is 0 Å². The molecule has 2 aromatic heterocycles. The van der Waals surface area contributed by atoms with E-state index in [0.717, 1.165) is 5.69 Å². The molecule has 0 N–H and O–H groups in total. The lowest BCUT2D eigenvalue weighted by Gasteiger charge is -2.18. The van der Waals surface area contributed by atoms with Crippen LogP contribution in [0.1, 0.15) is 0 Å². The molecule has 2 nitrogen and oxygen atoms in total. The van der Waals surface area contributed by atoms with E-state index in [4.69, 9.17) is 0 Å². The Kier molecular flexibility index (Phi) is 7.43. The first-order chi connectivity index (χ1) is 31.8. The molecule has 0 unspecified atom stereocenters. The van der Waals surface area contributed by atoms with Crippen LogP contribution in [0.2, 0.25) is 0 Å². The van der Waals surface area contributed by atoms with E-state index < -0.39 is 0 Å². The zero-order chi connectivity index (χ0) is 41.9. The minimum atomic E-state index is 1.14. The molecule has 12 aromatic carbocycles. The summed E-state index contributed by atoms with van der Waals surface area (Å²) in [5.41, 5.74) is 11.9. The highest BCUT2D eigenvalue weighted by molar-refractivity contribution is 6.36. The predicted molar refractivity (Wildman–Crippen MR) is 274 cm³/mol.